The Morgan fingerprint density at radius 1 is 1.12 bits per heavy atom. The third kappa shape index (κ3) is 3.45. The predicted octanol–water partition coefficient (Wildman–Crippen LogP) is 2.27. The first-order valence-electron chi connectivity index (χ1n) is 10.5. The number of benzene rings is 1. The minimum Gasteiger partial charge on any atom is -0.332 e. The fraction of sp³-hybridized carbons (Fsp3) is 0.318. The van der Waals surface area contributed by atoms with Crippen LogP contribution in [0.1, 0.15) is 34.5 Å². The van der Waals surface area contributed by atoms with E-state index in [4.69, 9.17) is 0 Å². The molecule has 4 heterocycles. The molecule has 34 heavy (non-hydrogen) atoms. The molecule has 1 atom stereocenters. The lowest BCUT2D eigenvalue weighted by Gasteiger charge is -2.29. The van der Waals surface area contributed by atoms with Crippen molar-refractivity contribution in [2.45, 2.75) is 31.6 Å². The number of hydrogen-bond donors (Lipinski definition) is 1. The maximum atomic E-state index is 13.2. The zero-order chi connectivity index (χ0) is 24.4. The molecule has 1 fully saturated rings. The molecule has 0 radical (unpaired) electrons. The van der Waals surface area contributed by atoms with E-state index in [-0.39, 0.29) is 36.9 Å². The van der Waals surface area contributed by atoms with Crippen LogP contribution in [0.4, 0.5) is 13.2 Å². The van der Waals surface area contributed by atoms with Crippen LogP contribution in [-0.4, -0.2) is 48.0 Å². The lowest BCUT2D eigenvalue weighted by Crippen LogP contribution is -2.52. The molecule has 0 spiro atoms. The zero-order valence-corrected chi connectivity index (χ0v) is 18.2. The van der Waals surface area contributed by atoms with E-state index in [2.05, 4.69) is 15.4 Å². The molecule has 0 aliphatic carbocycles. The quantitative estimate of drug-likeness (QED) is 0.590. The molecule has 3 aromatic rings. The number of carbonyl (C=O) groups excluding carboxylic acids is 3. The molecule has 0 unspecified atom stereocenters. The van der Waals surface area contributed by atoms with Crippen LogP contribution in [0.25, 0.3) is 22.6 Å². The number of fused-ring (bicyclic) bond motifs is 1. The minimum absolute atomic E-state index is 0.156. The number of aromatic nitrogens is 4. The zero-order valence-electron chi connectivity index (χ0n) is 18.2. The molecule has 2 aromatic heterocycles. The lowest BCUT2D eigenvalue weighted by atomic mass is 10.0. The van der Waals surface area contributed by atoms with Crippen molar-refractivity contribution < 1.29 is 27.6 Å². The molecular weight excluding hydrogens is 453 g/mol. The van der Waals surface area contributed by atoms with Crippen LogP contribution in [0.15, 0.2) is 30.6 Å². The smallest absolute Gasteiger partial charge is 0.332 e. The number of piperidine rings is 1. The molecule has 12 heteroatoms. The monoisotopic (exact) mass is 472 g/mol. The summed E-state index contributed by atoms with van der Waals surface area (Å²) in [5.41, 5.74) is 1.84. The molecule has 9 nitrogen and oxygen atoms in total. The molecule has 0 bridgehead atoms. The van der Waals surface area contributed by atoms with Crippen LogP contribution in [-0.2, 0) is 36.4 Å². The van der Waals surface area contributed by atoms with Crippen molar-refractivity contribution in [1.29, 1.82) is 0 Å². The first-order valence-corrected chi connectivity index (χ1v) is 10.5. The van der Waals surface area contributed by atoms with Crippen LogP contribution in [0, 0.1) is 0 Å². The van der Waals surface area contributed by atoms with Crippen molar-refractivity contribution in [1.82, 2.24) is 29.5 Å². The second kappa shape index (κ2) is 7.54. The first-order chi connectivity index (χ1) is 16.0. The molecule has 1 saturated heterocycles. The number of aryl methyl sites for hydroxylation is 2. The number of carbonyl (C=O) groups is 3. The van der Waals surface area contributed by atoms with Gasteiger partial charge in [-0.2, -0.15) is 18.3 Å². The van der Waals surface area contributed by atoms with Crippen molar-refractivity contribution in [2.75, 3.05) is 0 Å². The van der Waals surface area contributed by atoms with Gasteiger partial charge < -0.3 is 9.47 Å². The topological polar surface area (TPSA) is 102 Å². The summed E-state index contributed by atoms with van der Waals surface area (Å²) in [7, 11) is 3.11. The molecule has 3 amide bonds. The summed E-state index contributed by atoms with van der Waals surface area (Å²) in [6.07, 6.45) is -2.67. The van der Waals surface area contributed by atoms with E-state index in [1.165, 1.54) is 18.3 Å². The molecule has 5 rings (SSSR count). The number of rotatable bonds is 3. The summed E-state index contributed by atoms with van der Waals surface area (Å²) in [4.78, 5) is 42.5. The van der Waals surface area contributed by atoms with Gasteiger partial charge in [0.2, 0.25) is 11.8 Å². The summed E-state index contributed by atoms with van der Waals surface area (Å²) < 4.78 is 42.3. The van der Waals surface area contributed by atoms with Gasteiger partial charge in [0.25, 0.3) is 5.91 Å². The number of halogens is 3. The molecule has 1 aromatic carbocycles. The number of amides is 3. The van der Waals surface area contributed by atoms with Crippen molar-refractivity contribution in [3.63, 3.8) is 0 Å². The fourth-order valence-corrected chi connectivity index (χ4v) is 4.49. The number of alkyl halides is 3. The summed E-state index contributed by atoms with van der Waals surface area (Å²) in [6, 6.07) is 5.30. The van der Waals surface area contributed by atoms with E-state index >= 15 is 0 Å². The van der Waals surface area contributed by atoms with Gasteiger partial charge in [-0.15, -0.1) is 0 Å². The van der Waals surface area contributed by atoms with Gasteiger partial charge in [0.15, 0.2) is 5.69 Å². The predicted molar refractivity (Wildman–Crippen MR) is 112 cm³/mol. The third-order valence-corrected chi connectivity index (χ3v) is 6.15. The van der Waals surface area contributed by atoms with Crippen LogP contribution < -0.4 is 5.32 Å². The van der Waals surface area contributed by atoms with Gasteiger partial charge in [0, 0.05) is 38.2 Å². The lowest BCUT2D eigenvalue weighted by molar-refractivity contribution is -0.141. The standard InChI is InChI=1S/C22H19F3N6O3/c1-29-10-26-18(19(29)15-8-16(22(23,24)25)28-30(15)2)11-3-4-13-12(7-11)9-31(21(13)34)14-5-6-17(32)27-20(14)33/h3-4,7-8,10,14H,5-6,9H2,1-2H3,(H,27,32,33)/t14-/m0/s1. The van der Waals surface area contributed by atoms with Crippen LogP contribution in [0.3, 0.4) is 0 Å². The van der Waals surface area contributed by atoms with Crippen molar-refractivity contribution in [3.8, 4) is 22.6 Å². The van der Waals surface area contributed by atoms with Crippen LogP contribution in [0.5, 0.6) is 0 Å². The summed E-state index contributed by atoms with van der Waals surface area (Å²) in [6.45, 7) is 0.181. The average Bonchev–Trinajstić information content (AvgIpc) is 3.43. The second-order valence-electron chi connectivity index (χ2n) is 8.36. The van der Waals surface area contributed by atoms with Crippen molar-refractivity contribution in [2.24, 2.45) is 14.1 Å². The van der Waals surface area contributed by atoms with Gasteiger partial charge in [0.1, 0.15) is 6.04 Å². The Morgan fingerprint density at radius 3 is 2.56 bits per heavy atom. The van der Waals surface area contributed by atoms with Crippen LogP contribution in [0.2, 0.25) is 0 Å². The fourth-order valence-electron chi connectivity index (χ4n) is 4.49. The van der Waals surface area contributed by atoms with Gasteiger partial charge in [0.05, 0.1) is 23.4 Å². The molecular formula is C22H19F3N6O3. The Balaban J connectivity index is 1.50. The number of hydrogen-bond acceptors (Lipinski definition) is 5. The largest absolute Gasteiger partial charge is 0.435 e. The minimum atomic E-state index is -4.58. The molecule has 0 saturated carbocycles. The molecule has 1 N–H and O–H groups in total. The second-order valence-corrected chi connectivity index (χ2v) is 8.36. The SMILES string of the molecule is Cn1cnc(-c2ccc3c(c2)CN([C@H]2CCC(=O)NC2=O)C3=O)c1-c1cc(C(F)(F)F)nn1C. The Labute approximate surface area is 191 Å². The number of imide groups is 1. The number of nitrogens with one attached hydrogen (secondary N) is 1. The highest BCUT2D eigenvalue weighted by atomic mass is 19.4. The van der Waals surface area contributed by atoms with Crippen molar-refractivity contribution in [3.05, 3.63) is 47.4 Å². The summed E-state index contributed by atoms with van der Waals surface area (Å²) in [5, 5.41) is 5.86. The Hall–Kier alpha value is -3.96. The molecule has 176 valence electrons. The van der Waals surface area contributed by atoms with Crippen molar-refractivity contribution >= 4 is 17.7 Å². The highest BCUT2D eigenvalue weighted by molar-refractivity contribution is 6.05. The average molecular weight is 472 g/mol. The Morgan fingerprint density at radius 2 is 1.88 bits per heavy atom. The highest BCUT2D eigenvalue weighted by Gasteiger charge is 2.39. The summed E-state index contributed by atoms with van der Waals surface area (Å²) in [5.74, 6) is -1.17. The van der Waals surface area contributed by atoms with E-state index in [9.17, 15) is 27.6 Å². The molecule has 2 aliphatic heterocycles. The van der Waals surface area contributed by atoms with Gasteiger partial charge >= 0.3 is 6.18 Å². The number of nitrogens with zero attached hydrogens (tertiary/aromatic N) is 5. The maximum Gasteiger partial charge on any atom is 0.435 e. The maximum absolute atomic E-state index is 13.2. The first kappa shape index (κ1) is 21.9. The van der Waals surface area contributed by atoms with E-state index in [0.29, 0.717) is 28.1 Å². The van der Waals surface area contributed by atoms with E-state index in [1.807, 2.05) is 0 Å². The number of imidazole rings is 1. The molecule has 2 aliphatic rings. The van der Waals surface area contributed by atoms with E-state index in [1.54, 1.807) is 29.8 Å². The van der Waals surface area contributed by atoms with Gasteiger partial charge in [-0.3, -0.25) is 24.4 Å². The summed E-state index contributed by atoms with van der Waals surface area (Å²) >= 11 is 0. The van der Waals surface area contributed by atoms with E-state index < -0.39 is 23.8 Å². The van der Waals surface area contributed by atoms with Gasteiger partial charge in [-0.1, -0.05) is 6.07 Å². The van der Waals surface area contributed by atoms with Crippen LogP contribution >= 0.6 is 0 Å². The Kier molecular flexibility index (Phi) is 4.85. The highest BCUT2D eigenvalue weighted by Crippen LogP contribution is 2.37. The van der Waals surface area contributed by atoms with E-state index in [0.717, 1.165) is 10.7 Å². The Bertz CT molecular complexity index is 1360. The van der Waals surface area contributed by atoms with Gasteiger partial charge in [-0.25, -0.2) is 4.98 Å². The third-order valence-electron chi connectivity index (χ3n) is 6.15. The normalized spacial score (nSPS) is 18.4. The van der Waals surface area contributed by atoms with Gasteiger partial charge in [-0.05, 0) is 30.2 Å².